The van der Waals surface area contributed by atoms with E-state index in [-0.39, 0.29) is 11.6 Å². The van der Waals surface area contributed by atoms with Crippen molar-refractivity contribution in [2.75, 3.05) is 14.2 Å². The molecule has 0 fully saturated rings. The molecular weight excluding hydrogens is 272 g/mol. The van der Waals surface area contributed by atoms with E-state index in [1.807, 2.05) is 24.3 Å². The maximum absolute atomic E-state index is 11.6. The highest BCUT2D eigenvalue weighted by Gasteiger charge is 2.16. The van der Waals surface area contributed by atoms with Crippen LogP contribution in [0.1, 0.15) is 11.1 Å². The number of carbonyl (C=O) groups excluding carboxylic acids is 1. The van der Waals surface area contributed by atoms with Gasteiger partial charge in [0.1, 0.15) is 7.11 Å². The fourth-order valence-electron chi connectivity index (χ4n) is 1.29. The van der Waals surface area contributed by atoms with Crippen molar-refractivity contribution in [2.24, 2.45) is 5.16 Å². The van der Waals surface area contributed by atoms with Crippen LogP contribution in [-0.4, -0.2) is 25.8 Å². The number of nitrogens with zero attached hydrogens (tertiary/aromatic N) is 1. The lowest BCUT2D eigenvalue weighted by atomic mass is 10.0. The Morgan fingerprint density at radius 1 is 1.50 bits per heavy atom. The number of halogens is 1. The minimum Gasteiger partial charge on any atom is -0.398 e. The molecule has 0 aliphatic rings. The van der Waals surface area contributed by atoms with Crippen LogP contribution in [0, 0.1) is 0 Å². The Bertz CT molecular complexity index is 405. The molecule has 0 atom stereocenters. The van der Waals surface area contributed by atoms with E-state index in [2.05, 4.69) is 26.4 Å². The van der Waals surface area contributed by atoms with Crippen molar-refractivity contribution in [3.8, 4) is 0 Å². The number of hydrogen-bond acceptors (Lipinski definition) is 3. The summed E-state index contributed by atoms with van der Waals surface area (Å²) in [6.45, 7) is 0. The van der Waals surface area contributed by atoms with Gasteiger partial charge >= 0.3 is 0 Å². The number of amides is 1. The largest absolute Gasteiger partial charge is 0.398 e. The lowest BCUT2D eigenvalue weighted by molar-refractivity contribution is -0.114. The summed E-state index contributed by atoms with van der Waals surface area (Å²) in [4.78, 5) is 16.3. The van der Waals surface area contributed by atoms with Crippen LogP contribution >= 0.6 is 15.9 Å². The van der Waals surface area contributed by atoms with Crippen molar-refractivity contribution < 1.29 is 9.63 Å². The molecule has 0 saturated carbocycles. The molecule has 1 rings (SSSR count). The fraction of sp³-hybridized carbons (Fsp3) is 0.273. The summed E-state index contributed by atoms with van der Waals surface area (Å²) in [5, 5.41) is 6.95. The molecule has 0 aliphatic heterocycles. The van der Waals surface area contributed by atoms with Crippen molar-refractivity contribution in [2.45, 2.75) is 5.33 Å². The smallest absolute Gasteiger partial charge is 0.273 e. The van der Waals surface area contributed by atoms with Gasteiger partial charge in [0.2, 0.25) is 0 Å². The van der Waals surface area contributed by atoms with Crippen LogP contribution in [0.15, 0.2) is 29.4 Å². The molecule has 0 unspecified atom stereocenters. The number of alkyl halides is 1. The van der Waals surface area contributed by atoms with Crippen LogP contribution in [0.4, 0.5) is 0 Å². The van der Waals surface area contributed by atoms with Gasteiger partial charge in [-0.05, 0) is 5.56 Å². The monoisotopic (exact) mass is 284 g/mol. The van der Waals surface area contributed by atoms with Gasteiger partial charge in [0.15, 0.2) is 5.71 Å². The molecule has 86 valence electrons. The first kappa shape index (κ1) is 12.7. The maximum Gasteiger partial charge on any atom is 0.273 e. The Kier molecular flexibility index (Phi) is 4.98. The molecule has 4 nitrogen and oxygen atoms in total. The Labute approximate surface area is 103 Å². The van der Waals surface area contributed by atoms with E-state index >= 15 is 0 Å². The van der Waals surface area contributed by atoms with Crippen molar-refractivity contribution in [3.05, 3.63) is 35.4 Å². The van der Waals surface area contributed by atoms with Crippen LogP contribution in [0.25, 0.3) is 0 Å². The molecule has 0 aliphatic carbocycles. The Hall–Kier alpha value is -1.36. The van der Waals surface area contributed by atoms with Crippen molar-refractivity contribution in [1.82, 2.24) is 5.32 Å². The van der Waals surface area contributed by atoms with Crippen LogP contribution < -0.4 is 5.32 Å². The summed E-state index contributed by atoms with van der Waals surface area (Å²) < 4.78 is 0. The molecule has 5 heteroatoms. The lowest BCUT2D eigenvalue weighted by Crippen LogP contribution is -2.29. The van der Waals surface area contributed by atoms with Gasteiger partial charge in [-0.1, -0.05) is 45.4 Å². The zero-order valence-corrected chi connectivity index (χ0v) is 10.7. The van der Waals surface area contributed by atoms with Crippen molar-refractivity contribution >= 4 is 27.5 Å². The zero-order chi connectivity index (χ0) is 12.0. The third kappa shape index (κ3) is 2.82. The molecule has 0 aromatic heterocycles. The van der Waals surface area contributed by atoms with Crippen LogP contribution in [0.3, 0.4) is 0 Å². The highest BCUT2D eigenvalue weighted by molar-refractivity contribution is 9.08. The summed E-state index contributed by atoms with van der Waals surface area (Å²) in [6.07, 6.45) is 0. The maximum atomic E-state index is 11.6. The summed E-state index contributed by atoms with van der Waals surface area (Å²) in [5.74, 6) is -0.268. The average Bonchev–Trinajstić information content (AvgIpc) is 2.35. The summed E-state index contributed by atoms with van der Waals surface area (Å²) >= 11 is 3.37. The number of carbonyl (C=O) groups is 1. The van der Waals surface area contributed by atoms with Crippen molar-refractivity contribution in [3.63, 3.8) is 0 Å². The number of nitrogens with one attached hydrogen (secondary N) is 1. The molecule has 1 aromatic rings. The predicted octanol–water partition coefficient (Wildman–Crippen LogP) is 1.68. The Morgan fingerprint density at radius 2 is 2.19 bits per heavy atom. The normalized spacial score (nSPS) is 11.1. The van der Waals surface area contributed by atoms with E-state index in [0.29, 0.717) is 5.33 Å². The third-order valence-corrected chi connectivity index (χ3v) is 2.65. The number of hydrogen-bond donors (Lipinski definition) is 1. The highest BCUT2D eigenvalue weighted by Crippen LogP contribution is 2.14. The van der Waals surface area contributed by atoms with Gasteiger partial charge in [-0.2, -0.15) is 0 Å². The quantitative estimate of drug-likeness (QED) is 0.520. The predicted molar refractivity (Wildman–Crippen MR) is 66.7 cm³/mol. The van der Waals surface area contributed by atoms with E-state index in [1.165, 1.54) is 7.11 Å². The highest BCUT2D eigenvalue weighted by atomic mass is 79.9. The second-order valence-corrected chi connectivity index (χ2v) is 3.55. The molecule has 0 radical (unpaired) electrons. The van der Waals surface area contributed by atoms with Gasteiger partial charge in [-0.3, -0.25) is 4.79 Å². The fourth-order valence-corrected chi connectivity index (χ4v) is 1.78. The van der Waals surface area contributed by atoms with Gasteiger partial charge in [0.25, 0.3) is 5.91 Å². The van der Waals surface area contributed by atoms with Crippen LogP contribution in [0.2, 0.25) is 0 Å². The molecular formula is C11H13BrN2O2. The van der Waals surface area contributed by atoms with Gasteiger partial charge in [-0.15, -0.1) is 0 Å². The van der Waals surface area contributed by atoms with Crippen LogP contribution in [0.5, 0.6) is 0 Å². The van der Waals surface area contributed by atoms with Crippen molar-refractivity contribution in [1.29, 1.82) is 0 Å². The number of rotatable bonds is 4. The number of likely N-dealkylation sites (N-methyl/N-ethyl adjacent to an activating group) is 1. The van der Waals surface area contributed by atoms with E-state index in [0.717, 1.165) is 11.1 Å². The number of benzene rings is 1. The first-order chi connectivity index (χ1) is 7.74. The standard InChI is InChI=1S/C11H13BrN2O2/c1-13-11(15)10(14-16-2)9-6-4-3-5-8(9)7-12/h3-6H,7H2,1-2H3,(H,13,15)/b14-10+. The number of oxime groups is 1. The molecule has 0 spiro atoms. The SMILES string of the molecule is CNC(=O)/C(=N/OC)c1ccccc1CBr. The zero-order valence-electron chi connectivity index (χ0n) is 9.16. The van der Waals surface area contributed by atoms with Gasteiger partial charge in [0, 0.05) is 17.9 Å². The second-order valence-electron chi connectivity index (χ2n) is 2.99. The lowest BCUT2D eigenvalue weighted by Gasteiger charge is -2.08. The third-order valence-electron chi connectivity index (χ3n) is 2.04. The van der Waals surface area contributed by atoms with E-state index in [9.17, 15) is 4.79 Å². The molecule has 0 saturated heterocycles. The molecule has 1 amide bonds. The van der Waals surface area contributed by atoms with E-state index < -0.39 is 0 Å². The van der Waals surface area contributed by atoms with E-state index in [1.54, 1.807) is 7.05 Å². The molecule has 0 bridgehead atoms. The minimum absolute atomic E-state index is 0.268. The first-order valence-electron chi connectivity index (χ1n) is 4.72. The van der Waals surface area contributed by atoms with Gasteiger partial charge in [-0.25, -0.2) is 0 Å². The molecule has 16 heavy (non-hydrogen) atoms. The summed E-state index contributed by atoms with van der Waals surface area (Å²) in [7, 11) is 2.98. The minimum atomic E-state index is -0.268. The van der Waals surface area contributed by atoms with Crippen LogP contribution in [-0.2, 0) is 15.0 Å². The molecule has 1 aromatic carbocycles. The van der Waals surface area contributed by atoms with Gasteiger partial charge in [0.05, 0.1) is 0 Å². The molecule has 1 N–H and O–H groups in total. The first-order valence-corrected chi connectivity index (χ1v) is 5.84. The summed E-state index contributed by atoms with van der Waals surface area (Å²) in [6, 6.07) is 7.53. The van der Waals surface area contributed by atoms with E-state index in [4.69, 9.17) is 4.84 Å². The average molecular weight is 285 g/mol. The Morgan fingerprint density at radius 3 is 2.75 bits per heavy atom. The van der Waals surface area contributed by atoms with Gasteiger partial charge < -0.3 is 10.2 Å². The second kappa shape index (κ2) is 6.27. The summed E-state index contributed by atoms with van der Waals surface area (Å²) in [5.41, 5.74) is 2.03. The Balaban J connectivity index is 3.21. The molecule has 0 heterocycles. The topological polar surface area (TPSA) is 50.7 Å².